The lowest BCUT2D eigenvalue weighted by Crippen LogP contribution is -2.33. The third-order valence-electron chi connectivity index (χ3n) is 8.93. The van der Waals surface area contributed by atoms with E-state index in [0.717, 1.165) is 23.8 Å². The van der Waals surface area contributed by atoms with Crippen molar-refractivity contribution in [2.45, 2.75) is 188 Å². The van der Waals surface area contributed by atoms with Crippen LogP contribution in [0.5, 0.6) is 0 Å². The monoisotopic (exact) mass is 492 g/mol. The number of hydrogen-bond donors (Lipinski definition) is 0. The van der Waals surface area contributed by atoms with Gasteiger partial charge in [-0.3, -0.25) is 0 Å². The van der Waals surface area contributed by atoms with E-state index in [0.29, 0.717) is 0 Å². The van der Waals surface area contributed by atoms with Gasteiger partial charge in [-0.1, -0.05) is 156 Å². The molecule has 210 valence electrons. The van der Waals surface area contributed by atoms with E-state index in [1.807, 2.05) is 0 Å². The average Bonchev–Trinajstić information content (AvgIpc) is 3.60. The van der Waals surface area contributed by atoms with E-state index in [-0.39, 0.29) is 0 Å². The molecule has 3 atom stereocenters. The molecule has 1 nitrogen and oxygen atoms in total. The zero-order valence-electron chi connectivity index (χ0n) is 25.4. The summed E-state index contributed by atoms with van der Waals surface area (Å²) in [6.07, 6.45) is 35.1. The first-order valence-corrected chi connectivity index (χ1v) is 16.8. The Morgan fingerprint density at radius 2 is 0.943 bits per heavy atom. The maximum absolute atomic E-state index is 2.72. The predicted octanol–water partition coefficient (Wildman–Crippen LogP) is 11.6. The maximum atomic E-state index is 2.72. The molecule has 0 aromatic carbocycles. The lowest BCUT2D eigenvalue weighted by molar-refractivity contribution is 0.199. The van der Waals surface area contributed by atoms with E-state index < -0.39 is 0 Å². The molecule has 0 heterocycles. The number of rotatable bonds is 27. The molecule has 0 aliphatic heterocycles. The van der Waals surface area contributed by atoms with Crippen molar-refractivity contribution in [3.05, 3.63) is 0 Å². The first-order valence-electron chi connectivity index (χ1n) is 16.8. The summed E-state index contributed by atoms with van der Waals surface area (Å²) in [5, 5.41) is 0. The van der Waals surface area contributed by atoms with E-state index in [9.17, 15) is 0 Å². The largest absolute Gasteiger partial charge is 0.303 e. The van der Waals surface area contributed by atoms with Crippen LogP contribution in [-0.2, 0) is 0 Å². The molecule has 1 rings (SSSR count). The van der Waals surface area contributed by atoms with Gasteiger partial charge in [0.15, 0.2) is 0 Å². The minimum Gasteiger partial charge on any atom is -0.303 e. The van der Waals surface area contributed by atoms with Crippen LogP contribution in [-0.4, -0.2) is 24.5 Å². The van der Waals surface area contributed by atoms with Gasteiger partial charge in [0.25, 0.3) is 0 Å². The maximum Gasteiger partial charge on any atom is 0.00922 e. The van der Waals surface area contributed by atoms with E-state index in [2.05, 4.69) is 39.6 Å². The zero-order chi connectivity index (χ0) is 25.6. The third-order valence-corrected chi connectivity index (χ3v) is 8.93. The lowest BCUT2D eigenvalue weighted by Gasteiger charge is -2.29. The third kappa shape index (κ3) is 19.7. The second-order valence-electron chi connectivity index (χ2n) is 12.9. The van der Waals surface area contributed by atoms with Crippen molar-refractivity contribution in [1.29, 1.82) is 0 Å². The highest BCUT2D eigenvalue weighted by atomic mass is 15.1. The molecule has 0 spiro atoms. The number of unbranched alkanes of at least 4 members (excludes halogenated alkanes) is 15. The lowest BCUT2D eigenvalue weighted by atomic mass is 9.98. The van der Waals surface area contributed by atoms with Gasteiger partial charge in [0.2, 0.25) is 0 Å². The first-order chi connectivity index (χ1) is 17.1. The molecular formula is C34H69N. The molecule has 0 bridgehead atoms. The Kier molecular flexibility index (Phi) is 21.8. The summed E-state index contributed by atoms with van der Waals surface area (Å²) in [5.41, 5.74) is 0. The van der Waals surface area contributed by atoms with Crippen molar-refractivity contribution in [2.24, 2.45) is 17.8 Å². The molecule has 0 aromatic heterocycles. The Bertz CT molecular complexity index is 430. The van der Waals surface area contributed by atoms with E-state index in [1.165, 1.54) is 141 Å². The van der Waals surface area contributed by atoms with Gasteiger partial charge in [-0.15, -0.1) is 0 Å². The molecule has 0 amide bonds. The SMILES string of the molecule is CCCCCCCCCC(CCCCCCCC1CC1CCCCCCCC)N(C)CCC(C)C. The van der Waals surface area contributed by atoms with Gasteiger partial charge in [-0.2, -0.15) is 0 Å². The van der Waals surface area contributed by atoms with Crippen LogP contribution in [0.15, 0.2) is 0 Å². The second-order valence-corrected chi connectivity index (χ2v) is 12.9. The van der Waals surface area contributed by atoms with Gasteiger partial charge in [-0.05, 0) is 57.0 Å². The summed E-state index contributed by atoms with van der Waals surface area (Å²) in [6, 6.07) is 0.832. The molecule has 1 heteroatoms. The minimum absolute atomic E-state index is 0.827. The van der Waals surface area contributed by atoms with Crippen LogP contribution in [0.25, 0.3) is 0 Å². The fourth-order valence-corrected chi connectivity index (χ4v) is 6.09. The smallest absolute Gasteiger partial charge is 0.00922 e. The van der Waals surface area contributed by atoms with Crippen molar-refractivity contribution >= 4 is 0 Å². The molecule has 1 saturated carbocycles. The molecule has 0 radical (unpaired) electrons. The summed E-state index contributed by atoms with van der Waals surface area (Å²) < 4.78 is 0. The van der Waals surface area contributed by atoms with Crippen LogP contribution >= 0.6 is 0 Å². The normalized spacial score (nSPS) is 18.6. The molecule has 1 aliphatic rings. The Morgan fingerprint density at radius 1 is 0.543 bits per heavy atom. The Labute approximate surface area is 224 Å². The summed E-state index contributed by atoms with van der Waals surface area (Å²) in [5.74, 6) is 3.06. The highest BCUT2D eigenvalue weighted by Crippen LogP contribution is 2.45. The molecule has 1 fully saturated rings. The van der Waals surface area contributed by atoms with E-state index >= 15 is 0 Å². The Morgan fingerprint density at radius 3 is 1.37 bits per heavy atom. The van der Waals surface area contributed by atoms with Crippen molar-refractivity contribution < 1.29 is 0 Å². The van der Waals surface area contributed by atoms with Crippen LogP contribution in [0.2, 0.25) is 0 Å². The molecule has 1 aliphatic carbocycles. The minimum atomic E-state index is 0.827. The Hall–Kier alpha value is -0.0400. The summed E-state index contributed by atoms with van der Waals surface area (Å²) in [4.78, 5) is 2.72. The van der Waals surface area contributed by atoms with Crippen molar-refractivity contribution in [3.8, 4) is 0 Å². The van der Waals surface area contributed by atoms with Gasteiger partial charge < -0.3 is 4.90 Å². The van der Waals surface area contributed by atoms with Crippen molar-refractivity contribution in [3.63, 3.8) is 0 Å². The highest BCUT2D eigenvalue weighted by molar-refractivity contribution is 4.85. The van der Waals surface area contributed by atoms with Gasteiger partial charge in [0, 0.05) is 6.04 Å². The molecule has 0 saturated heterocycles. The summed E-state index contributed by atoms with van der Waals surface area (Å²) in [7, 11) is 2.41. The molecular weight excluding hydrogens is 422 g/mol. The number of nitrogens with zero attached hydrogens (tertiary/aromatic N) is 1. The van der Waals surface area contributed by atoms with Crippen LogP contribution in [0.1, 0.15) is 182 Å². The second kappa shape index (κ2) is 23.1. The number of hydrogen-bond acceptors (Lipinski definition) is 1. The zero-order valence-corrected chi connectivity index (χ0v) is 25.4. The molecule has 35 heavy (non-hydrogen) atoms. The van der Waals surface area contributed by atoms with Crippen molar-refractivity contribution in [1.82, 2.24) is 4.90 Å². The first kappa shape index (κ1) is 33.0. The average molecular weight is 492 g/mol. The summed E-state index contributed by atoms with van der Waals surface area (Å²) >= 11 is 0. The van der Waals surface area contributed by atoms with Crippen LogP contribution < -0.4 is 0 Å². The Balaban J connectivity index is 2.05. The molecule has 0 aromatic rings. The fraction of sp³-hybridized carbons (Fsp3) is 1.00. The van der Waals surface area contributed by atoms with Gasteiger partial charge >= 0.3 is 0 Å². The molecule has 0 N–H and O–H groups in total. The van der Waals surface area contributed by atoms with Gasteiger partial charge in [-0.25, -0.2) is 0 Å². The standard InChI is InChI=1S/C34H69N/c1-6-8-10-12-14-18-22-26-34(35(5)29-28-31(3)4)27-23-19-15-17-21-25-33-30-32(33)24-20-16-13-11-9-7-2/h31-34H,6-30H2,1-5H3. The predicted molar refractivity (Wildman–Crippen MR) is 160 cm³/mol. The van der Waals surface area contributed by atoms with Crippen molar-refractivity contribution in [2.75, 3.05) is 13.6 Å². The van der Waals surface area contributed by atoms with E-state index in [4.69, 9.17) is 0 Å². The topological polar surface area (TPSA) is 3.24 Å². The fourth-order valence-electron chi connectivity index (χ4n) is 6.09. The van der Waals surface area contributed by atoms with Gasteiger partial charge in [0.1, 0.15) is 0 Å². The van der Waals surface area contributed by atoms with Crippen LogP contribution in [0.4, 0.5) is 0 Å². The quantitative estimate of drug-likeness (QED) is 0.103. The van der Waals surface area contributed by atoms with Crippen LogP contribution in [0, 0.1) is 17.8 Å². The van der Waals surface area contributed by atoms with E-state index in [1.54, 1.807) is 19.3 Å². The highest BCUT2D eigenvalue weighted by Gasteiger charge is 2.34. The van der Waals surface area contributed by atoms with Crippen LogP contribution in [0.3, 0.4) is 0 Å². The van der Waals surface area contributed by atoms with Gasteiger partial charge in [0.05, 0.1) is 0 Å². The summed E-state index contributed by atoms with van der Waals surface area (Å²) in [6.45, 7) is 10.7. The molecule has 3 unspecified atom stereocenters.